The Hall–Kier alpha value is -2.47. The van der Waals surface area contributed by atoms with Gasteiger partial charge in [0.1, 0.15) is 17.7 Å². The Balaban J connectivity index is 1.94. The van der Waals surface area contributed by atoms with Gasteiger partial charge in [0, 0.05) is 18.0 Å². The van der Waals surface area contributed by atoms with E-state index in [0.29, 0.717) is 17.3 Å². The van der Waals surface area contributed by atoms with Crippen LogP contribution >= 0.6 is 0 Å². The highest BCUT2D eigenvalue weighted by Gasteiger charge is 2.11. The lowest BCUT2D eigenvalue weighted by Gasteiger charge is -1.99. The molecule has 0 spiro atoms. The van der Waals surface area contributed by atoms with Gasteiger partial charge >= 0.3 is 0 Å². The number of pyridine rings is 1. The fraction of sp³-hybridized carbons (Fsp3) is 0.0667. The highest BCUT2D eigenvalue weighted by molar-refractivity contribution is 7.90. The topological polar surface area (TPSA) is 73.1 Å². The molecule has 0 unspecified atom stereocenters. The molecule has 0 saturated carbocycles. The van der Waals surface area contributed by atoms with Gasteiger partial charge in [-0.05, 0) is 24.3 Å². The first-order chi connectivity index (χ1) is 10.0. The van der Waals surface area contributed by atoms with E-state index < -0.39 is 9.84 Å². The van der Waals surface area contributed by atoms with Crippen LogP contribution in [0.25, 0.3) is 22.8 Å². The third kappa shape index (κ3) is 2.85. The van der Waals surface area contributed by atoms with Crippen LogP contribution < -0.4 is 0 Å². The molecular weight excluding hydrogens is 288 g/mol. The first-order valence-corrected chi connectivity index (χ1v) is 8.10. The summed E-state index contributed by atoms with van der Waals surface area (Å²) in [6.07, 6.45) is 4.37. The standard InChI is InChI=1S/C15H12N2O3S/c1-21(18,19)12-7-5-11(6-8-12)14-10-20-15(17-14)13-4-2-3-9-16-13/h2-10H,1H3. The Kier molecular flexibility index (Phi) is 3.31. The van der Waals surface area contributed by atoms with Crippen molar-refractivity contribution in [2.24, 2.45) is 0 Å². The van der Waals surface area contributed by atoms with Crippen molar-refractivity contribution in [3.8, 4) is 22.8 Å². The number of rotatable bonds is 3. The maximum Gasteiger partial charge on any atom is 0.245 e. The second-order valence-electron chi connectivity index (χ2n) is 4.55. The van der Waals surface area contributed by atoms with Gasteiger partial charge in [-0.3, -0.25) is 4.98 Å². The zero-order chi connectivity index (χ0) is 14.9. The van der Waals surface area contributed by atoms with E-state index in [-0.39, 0.29) is 4.90 Å². The van der Waals surface area contributed by atoms with E-state index in [2.05, 4.69) is 9.97 Å². The normalized spacial score (nSPS) is 11.5. The van der Waals surface area contributed by atoms with Crippen molar-refractivity contribution in [2.75, 3.05) is 6.26 Å². The van der Waals surface area contributed by atoms with Crippen molar-refractivity contribution in [1.29, 1.82) is 0 Å². The third-order valence-electron chi connectivity index (χ3n) is 2.97. The van der Waals surface area contributed by atoms with Crippen molar-refractivity contribution in [2.45, 2.75) is 4.90 Å². The van der Waals surface area contributed by atoms with Crippen LogP contribution in [-0.4, -0.2) is 24.6 Å². The number of sulfone groups is 1. The molecule has 0 radical (unpaired) electrons. The molecule has 2 aromatic heterocycles. The first kappa shape index (κ1) is 13.5. The highest BCUT2D eigenvalue weighted by Crippen LogP contribution is 2.24. The summed E-state index contributed by atoms with van der Waals surface area (Å²) in [6, 6.07) is 12.0. The molecule has 0 amide bonds. The zero-order valence-corrected chi connectivity index (χ0v) is 12.0. The van der Waals surface area contributed by atoms with E-state index in [4.69, 9.17) is 4.42 Å². The lowest BCUT2D eigenvalue weighted by molar-refractivity contribution is 0.572. The van der Waals surface area contributed by atoms with Gasteiger partial charge in [0.15, 0.2) is 9.84 Å². The minimum absolute atomic E-state index is 0.277. The summed E-state index contributed by atoms with van der Waals surface area (Å²) in [5.41, 5.74) is 2.07. The number of benzene rings is 1. The van der Waals surface area contributed by atoms with Gasteiger partial charge < -0.3 is 4.42 Å². The van der Waals surface area contributed by atoms with Crippen molar-refractivity contribution in [3.63, 3.8) is 0 Å². The van der Waals surface area contributed by atoms with Gasteiger partial charge in [-0.2, -0.15) is 0 Å². The van der Waals surface area contributed by atoms with Gasteiger partial charge in [0.2, 0.25) is 5.89 Å². The summed E-state index contributed by atoms with van der Waals surface area (Å²) in [7, 11) is -3.19. The number of hydrogen-bond acceptors (Lipinski definition) is 5. The minimum atomic E-state index is -3.19. The predicted molar refractivity (Wildman–Crippen MR) is 78.3 cm³/mol. The molecule has 0 aliphatic carbocycles. The molecule has 0 aliphatic heterocycles. The summed E-state index contributed by atoms with van der Waals surface area (Å²) in [4.78, 5) is 8.81. The number of oxazole rings is 1. The van der Waals surface area contributed by atoms with Crippen molar-refractivity contribution >= 4 is 9.84 Å². The fourth-order valence-corrected chi connectivity index (χ4v) is 2.52. The Bertz CT molecular complexity index is 853. The molecule has 2 heterocycles. The summed E-state index contributed by atoms with van der Waals surface area (Å²) in [6.45, 7) is 0. The number of hydrogen-bond donors (Lipinski definition) is 0. The van der Waals surface area contributed by atoms with Gasteiger partial charge in [0.25, 0.3) is 0 Å². The molecule has 6 heteroatoms. The fourth-order valence-electron chi connectivity index (χ4n) is 1.89. The molecule has 0 aliphatic rings. The quantitative estimate of drug-likeness (QED) is 0.743. The molecule has 0 atom stereocenters. The second-order valence-corrected chi connectivity index (χ2v) is 6.57. The molecule has 3 aromatic rings. The average molecular weight is 300 g/mol. The molecule has 5 nitrogen and oxygen atoms in total. The number of aromatic nitrogens is 2. The Morgan fingerprint density at radius 3 is 2.38 bits per heavy atom. The molecule has 106 valence electrons. The van der Waals surface area contributed by atoms with Gasteiger partial charge in [-0.25, -0.2) is 13.4 Å². The van der Waals surface area contributed by atoms with E-state index in [1.807, 2.05) is 18.2 Å². The molecular formula is C15H12N2O3S. The van der Waals surface area contributed by atoms with Crippen LogP contribution in [0.1, 0.15) is 0 Å². The van der Waals surface area contributed by atoms with Crippen molar-refractivity contribution in [1.82, 2.24) is 9.97 Å². The Morgan fingerprint density at radius 2 is 1.76 bits per heavy atom. The summed E-state index contributed by atoms with van der Waals surface area (Å²) in [5.74, 6) is 0.429. The maximum absolute atomic E-state index is 11.4. The van der Waals surface area contributed by atoms with Crippen LogP contribution in [0.2, 0.25) is 0 Å². The summed E-state index contributed by atoms with van der Waals surface area (Å²) >= 11 is 0. The van der Waals surface area contributed by atoms with Crippen LogP contribution in [0, 0.1) is 0 Å². The summed E-state index contributed by atoms with van der Waals surface area (Å²) < 4.78 is 28.3. The van der Waals surface area contributed by atoms with E-state index in [1.165, 1.54) is 12.5 Å². The Labute approximate surface area is 122 Å². The third-order valence-corrected chi connectivity index (χ3v) is 4.09. The van der Waals surface area contributed by atoms with Crippen LogP contribution in [0.5, 0.6) is 0 Å². The van der Waals surface area contributed by atoms with E-state index in [1.54, 1.807) is 30.5 Å². The van der Waals surface area contributed by atoms with E-state index in [9.17, 15) is 8.42 Å². The van der Waals surface area contributed by atoms with Crippen LogP contribution in [0.4, 0.5) is 0 Å². The van der Waals surface area contributed by atoms with Crippen LogP contribution in [0.3, 0.4) is 0 Å². The summed E-state index contributed by atoms with van der Waals surface area (Å²) in [5, 5.41) is 0. The predicted octanol–water partition coefficient (Wildman–Crippen LogP) is 2.81. The molecule has 0 saturated heterocycles. The molecule has 0 bridgehead atoms. The molecule has 3 rings (SSSR count). The van der Waals surface area contributed by atoms with E-state index in [0.717, 1.165) is 5.56 Å². The molecule has 1 aromatic carbocycles. The lowest BCUT2D eigenvalue weighted by atomic mass is 10.2. The Morgan fingerprint density at radius 1 is 1.00 bits per heavy atom. The lowest BCUT2D eigenvalue weighted by Crippen LogP contribution is -1.96. The number of nitrogens with zero attached hydrogens (tertiary/aromatic N) is 2. The largest absolute Gasteiger partial charge is 0.443 e. The molecule has 0 fully saturated rings. The second kappa shape index (κ2) is 5.14. The maximum atomic E-state index is 11.4. The average Bonchev–Trinajstić information content (AvgIpc) is 2.97. The SMILES string of the molecule is CS(=O)(=O)c1ccc(-c2coc(-c3ccccn3)n2)cc1. The monoisotopic (exact) mass is 300 g/mol. The van der Waals surface area contributed by atoms with Crippen molar-refractivity contribution in [3.05, 3.63) is 54.9 Å². The molecule has 0 N–H and O–H groups in total. The minimum Gasteiger partial charge on any atom is -0.443 e. The van der Waals surface area contributed by atoms with E-state index >= 15 is 0 Å². The smallest absolute Gasteiger partial charge is 0.245 e. The van der Waals surface area contributed by atoms with Gasteiger partial charge in [-0.1, -0.05) is 18.2 Å². The van der Waals surface area contributed by atoms with Gasteiger partial charge in [0.05, 0.1) is 4.90 Å². The highest BCUT2D eigenvalue weighted by atomic mass is 32.2. The van der Waals surface area contributed by atoms with Crippen LogP contribution in [0.15, 0.2) is 64.2 Å². The zero-order valence-electron chi connectivity index (χ0n) is 11.2. The molecule has 21 heavy (non-hydrogen) atoms. The van der Waals surface area contributed by atoms with Crippen molar-refractivity contribution < 1.29 is 12.8 Å². The van der Waals surface area contributed by atoms with Gasteiger partial charge in [-0.15, -0.1) is 0 Å². The first-order valence-electron chi connectivity index (χ1n) is 6.21. The van der Waals surface area contributed by atoms with Crippen LogP contribution in [-0.2, 0) is 9.84 Å².